The van der Waals surface area contributed by atoms with Crippen molar-refractivity contribution in [3.63, 3.8) is 0 Å². The lowest BCUT2D eigenvalue weighted by Gasteiger charge is -2.34. The van der Waals surface area contributed by atoms with Gasteiger partial charge in [-0.15, -0.1) is 0 Å². The van der Waals surface area contributed by atoms with Crippen LogP contribution in [0.25, 0.3) is 0 Å². The van der Waals surface area contributed by atoms with Crippen LogP contribution >= 0.6 is 22.6 Å². The number of aryl methyl sites for hydroxylation is 1. The molecule has 6 nitrogen and oxygen atoms in total. The van der Waals surface area contributed by atoms with Crippen LogP contribution in [-0.4, -0.2) is 51.3 Å². The highest BCUT2D eigenvalue weighted by atomic mass is 127. The Balaban J connectivity index is 0.000000387. The largest absolute Gasteiger partial charge is 0.508 e. The van der Waals surface area contributed by atoms with Crippen molar-refractivity contribution in [1.29, 1.82) is 0 Å². The number of nitrogens with zero attached hydrogens (tertiary/aromatic N) is 1. The summed E-state index contributed by atoms with van der Waals surface area (Å²) in [7, 11) is 0. The maximum atomic E-state index is 9.63. The van der Waals surface area contributed by atoms with Gasteiger partial charge < -0.3 is 15.3 Å². The van der Waals surface area contributed by atoms with Gasteiger partial charge in [-0.05, 0) is 59.6 Å². The summed E-state index contributed by atoms with van der Waals surface area (Å²) < 4.78 is 2.10. The number of carbonyl (C=O) groups is 2. The zero-order chi connectivity index (χ0) is 20.2. The molecule has 0 saturated carbocycles. The van der Waals surface area contributed by atoms with Gasteiger partial charge >= 0.3 is 11.9 Å². The number of aliphatic carboxylic acids is 2. The Morgan fingerprint density at radius 2 is 1.89 bits per heavy atom. The first-order chi connectivity index (χ1) is 12.9. The fourth-order valence-corrected chi connectivity index (χ4v) is 3.29. The summed E-state index contributed by atoms with van der Waals surface area (Å²) in [6.45, 7) is 4.43. The topological polar surface area (TPSA) is 98.1 Å². The van der Waals surface area contributed by atoms with E-state index in [0.717, 1.165) is 25.9 Å². The average molecular weight is 487 g/mol. The quantitative estimate of drug-likeness (QED) is 0.402. The van der Waals surface area contributed by atoms with Crippen molar-refractivity contribution in [3.05, 3.63) is 51.6 Å². The number of aromatic hydroxyl groups is 1. The molecule has 0 bridgehead atoms. The minimum atomic E-state index is -1.26. The fourth-order valence-electron chi connectivity index (χ4n) is 3.06. The van der Waals surface area contributed by atoms with Gasteiger partial charge in [0.15, 0.2) is 0 Å². The summed E-state index contributed by atoms with van der Waals surface area (Å²) in [4.78, 5) is 21.7. The predicted octanol–water partition coefficient (Wildman–Crippen LogP) is 3.62. The molecule has 0 saturated heterocycles. The predicted molar refractivity (Wildman–Crippen MR) is 113 cm³/mol. The van der Waals surface area contributed by atoms with Gasteiger partial charge in [-0.2, -0.15) is 0 Å². The Bertz CT molecular complexity index is 671. The van der Waals surface area contributed by atoms with Crippen LogP contribution in [0, 0.1) is 0 Å². The van der Waals surface area contributed by atoms with E-state index in [2.05, 4.69) is 50.6 Å². The number of phenolic OH excluding ortho intramolecular Hbond substituents is 1. The van der Waals surface area contributed by atoms with Crippen molar-refractivity contribution >= 4 is 34.5 Å². The molecule has 0 fully saturated rings. The van der Waals surface area contributed by atoms with Gasteiger partial charge in [-0.1, -0.05) is 41.7 Å². The Morgan fingerprint density at radius 1 is 1.22 bits per heavy atom. The summed E-state index contributed by atoms with van der Waals surface area (Å²) in [6, 6.07) is 6.44. The normalized spacial score (nSPS) is 16.2. The summed E-state index contributed by atoms with van der Waals surface area (Å²) in [5, 5.41) is 25.3. The SMILES string of the molecule is CCCN(CC=CI)C1CCc2ccc(O)cc2C1.O=C(O)C=CC(=O)O. The summed E-state index contributed by atoms with van der Waals surface area (Å²) >= 11 is 2.28. The van der Waals surface area contributed by atoms with Gasteiger partial charge in [0.1, 0.15) is 5.75 Å². The number of halogens is 1. The molecule has 148 valence electrons. The van der Waals surface area contributed by atoms with Crippen molar-refractivity contribution in [1.82, 2.24) is 4.90 Å². The molecular weight excluding hydrogens is 461 g/mol. The van der Waals surface area contributed by atoms with E-state index in [9.17, 15) is 14.7 Å². The van der Waals surface area contributed by atoms with Crippen LogP contribution in [0.4, 0.5) is 0 Å². The van der Waals surface area contributed by atoms with Crippen LogP contribution in [0.1, 0.15) is 30.9 Å². The number of phenols is 1. The lowest BCUT2D eigenvalue weighted by atomic mass is 9.87. The van der Waals surface area contributed by atoms with Gasteiger partial charge in [0.05, 0.1) is 0 Å². The van der Waals surface area contributed by atoms with Crippen molar-refractivity contribution in [3.8, 4) is 5.75 Å². The Kier molecular flexibility index (Phi) is 10.7. The molecule has 0 radical (unpaired) electrons. The molecule has 1 aliphatic rings. The molecule has 1 aromatic rings. The van der Waals surface area contributed by atoms with E-state index < -0.39 is 11.9 Å². The number of hydrogen-bond donors (Lipinski definition) is 3. The van der Waals surface area contributed by atoms with Crippen LogP contribution in [0.15, 0.2) is 40.5 Å². The monoisotopic (exact) mass is 487 g/mol. The number of carboxylic acid groups (broad SMARTS) is 2. The van der Waals surface area contributed by atoms with Gasteiger partial charge in [0.25, 0.3) is 0 Å². The summed E-state index contributed by atoms with van der Waals surface area (Å²) in [6.07, 6.45) is 7.97. The van der Waals surface area contributed by atoms with E-state index in [1.54, 1.807) is 0 Å². The van der Waals surface area contributed by atoms with Crippen LogP contribution in [0.3, 0.4) is 0 Å². The third-order valence-corrected chi connectivity index (χ3v) is 4.73. The lowest BCUT2D eigenvalue weighted by Crippen LogP contribution is -2.39. The molecule has 3 N–H and O–H groups in total. The van der Waals surface area contributed by atoms with E-state index in [1.807, 2.05) is 12.1 Å². The maximum absolute atomic E-state index is 9.63. The molecule has 1 aromatic carbocycles. The lowest BCUT2D eigenvalue weighted by molar-refractivity contribution is -0.134. The second-order valence-electron chi connectivity index (χ2n) is 6.22. The van der Waals surface area contributed by atoms with Gasteiger partial charge in [-0.25, -0.2) is 9.59 Å². The smallest absolute Gasteiger partial charge is 0.328 e. The second kappa shape index (κ2) is 12.5. The Hall–Kier alpha value is -1.87. The molecule has 1 unspecified atom stereocenters. The number of carboxylic acids is 2. The van der Waals surface area contributed by atoms with Crippen molar-refractivity contribution in [2.45, 2.75) is 38.6 Å². The zero-order valence-electron chi connectivity index (χ0n) is 15.3. The molecule has 0 heterocycles. The van der Waals surface area contributed by atoms with E-state index in [-0.39, 0.29) is 0 Å². The highest BCUT2D eigenvalue weighted by Crippen LogP contribution is 2.27. The molecule has 1 aliphatic carbocycles. The van der Waals surface area contributed by atoms with Crippen molar-refractivity contribution < 1.29 is 24.9 Å². The summed E-state index contributed by atoms with van der Waals surface area (Å²) in [5.41, 5.74) is 2.74. The van der Waals surface area contributed by atoms with Crippen LogP contribution in [0.2, 0.25) is 0 Å². The van der Waals surface area contributed by atoms with E-state index in [1.165, 1.54) is 24.0 Å². The van der Waals surface area contributed by atoms with Gasteiger partial charge in [0.2, 0.25) is 0 Å². The first-order valence-electron chi connectivity index (χ1n) is 8.81. The Labute approximate surface area is 173 Å². The van der Waals surface area contributed by atoms with Gasteiger partial charge in [0, 0.05) is 24.7 Å². The number of rotatable bonds is 7. The van der Waals surface area contributed by atoms with Crippen LogP contribution < -0.4 is 0 Å². The van der Waals surface area contributed by atoms with E-state index in [0.29, 0.717) is 23.9 Å². The molecule has 2 rings (SSSR count). The molecule has 0 aliphatic heterocycles. The molecule has 7 heteroatoms. The first kappa shape index (κ1) is 23.2. The second-order valence-corrected chi connectivity index (χ2v) is 6.94. The maximum Gasteiger partial charge on any atom is 0.328 e. The molecule has 0 amide bonds. The minimum Gasteiger partial charge on any atom is -0.508 e. The first-order valence-corrected chi connectivity index (χ1v) is 10.1. The number of fused-ring (bicyclic) bond motifs is 1. The van der Waals surface area contributed by atoms with E-state index >= 15 is 0 Å². The average Bonchev–Trinajstić information content (AvgIpc) is 2.63. The molecular formula is C20H26INO5. The summed E-state index contributed by atoms with van der Waals surface area (Å²) in [5.74, 6) is -2.12. The highest BCUT2D eigenvalue weighted by molar-refractivity contribution is 14.1. The van der Waals surface area contributed by atoms with Crippen LogP contribution in [0.5, 0.6) is 5.75 Å². The number of hydrogen-bond acceptors (Lipinski definition) is 4. The molecule has 0 aromatic heterocycles. The van der Waals surface area contributed by atoms with Crippen molar-refractivity contribution in [2.24, 2.45) is 0 Å². The standard InChI is InChI=1S/C16H22INO.C4H4O4/c1-2-9-18(10-3-8-17)15-6-4-13-5-7-16(19)12-14(13)11-15;5-3(6)1-2-4(7)8/h3,5,7-8,12,15,19H,2,4,6,9-11H2,1H3;1-2H,(H,5,6)(H,7,8). The number of benzene rings is 1. The third kappa shape index (κ3) is 9.05. The molecule has 1 atom stereocenters. The third-order valence-electron chi connectivity index (χ3n) is 4.22. The Morgan fingerprint density at radius 3 is 2.44 bits per heavy atom. The zero-order valence-corrected chi connectivity index (χ0v) is 17.5. The fraction of sp³-hybridized carbons (Fsp3) is 0.400. The van der Waals surface area contributed by atoms with Crippen LogP contribution in [-0.2, 0) is 22.4 Å². The van der Waals surface area contributed by atoms with Gasteiger partial charge in [-0.3, -0.25) is 4.90 Å². The molecule has 27 heavy (non-hydrogen) atoms. The van der Waals surface area contributed by atoms with Crippen molar-refractivity contribution in [2.75, 3.05) is 13.1 Å². The highest BCUT2D eigenvalue weighted by Gasteiger charge is 2.23. The minimum absolute atomic E-state index is 0.397. The molecule has 0 spiro atoms. The van der Waals surface area contributed by atoms with E-state index in [4.69, 9.17) is 10.2 Å².